The minimum atomic E-state index is -0.596. The van der Waals surface area contributed by atoms with Crippen molar-refractivity contribution >= 4 is 17.7 Å². The summed E-state index contributed by atoms with van der Waals surface area (Å²) in [5.41, 5.74) is -0.548. The third-order valence-electron chi connectivity index (χ3n) is 3.83. The second-order valence-corrected chi connectivity index (χ2v) is 6.00. The first kappa shape index (κ1) is 12.2. The summed E-state index contributed by atoms with van der Waals surface area (Å²) in [6.45, 7) is 1.96. The Morgan fingerprint density at radius 1 is 1.12 bits per heavy atom. The van der Waals surface area contributed by atoms with Crippen LogP contribution in [0.3, 0.4) is 0 Å². The first-order valence-corrected chi connectivity index (χ1v) is 7.47. The van der Waals surface area contributed by atoms with Crippen LogP contribution in [0, 0.1) is 0 Å². The number of nitrogens with zero attached hydrogens (tertiary/aromatic N) is 1. The van der Waals surface area contributed by atoms with Crippen LogP contribution < -0.4 is 0 Å². The topological polar surface area (TPSA) is 40.5 Å². The number of likely N-dealkylation sites (tertiary alicyclic amines) is 1. The van der Waals surface area contributed by atoms with Gasteiger partial charge in [-0.25, -0.2) is 0 Å². The average molecular weight is 243 g/mol. The van der Waals surface area contributed by atoms with Crippen LogP contribution in [-0.2, 0) is 4.79 Å². The number of carboxylic acids is 1. The minimum Gasteiger partial charge on any atom is -0.480 e. The fourth-order valence-electron chi connectivity index (χ4n) is 2.83. The van der Waals surface area contributed by atoms with Gasteiger partial charge in [-0.05, 0) is 44.5 Å². The Bertz CT molecular complexity index is 243. The maximum atomic E-state index is 11.6. The number of aliphatic carboxylic acids is 1. The van der Waals surface area contributed by atoms with E-state index >= 15 is 0 Å². The number of rotatable bonds is 2. The summed E-state index contributed by atoms with van der Waals surface area (Å²) >= 11 is 1.81. The molecule has 0 aliphatic carbocycles. The van der Waals surface area contributed by atoms with E-state index < -0.39 is 11.5 Å². The highest BCUT2D eigenvalue weighted by molar-refractivity contribution is 7.99. The molecule has 16 heavy (non-hydrogen) atoms. The van der Waals surface area contributed by atoms with Gasteiger partial charge in [-0.1, -0.05) is 12.8 Å². The molecule has 0 aromatic heterocycles. The van der Waals surface area contributed by atoms with Crippen molar-refractivity contribution in [3.8, 4) is 0 Å². The van der Waals surface area contributed by atoms with Crippen LogP contribution in [0.2, 0.25) is 0 Å². The summed E-state index contributed by atoms with van der Waals surface area (Å²) in [5, 5.41) is 9.58. The zero-order valence-electron chi connectivity index (χ0n) is 9.78. The Hall–Kier alpha value is -0.220. The maximum Gasteiger partial charge on any atom is 0.324 e. The van der Waals surface area contributed by atoms with E-state index in [1.165, 1.54) is 25.7 Å². The Labute approximate surface area is 102 Å². The lowest BCUT2D eigenvalue weighted by Crippen LogP contribution is -2.58. The Kier molecular flexibility index (Phi) is 4.14. The molecule has 0 radical (unpaired) electrons. The Morgan fingerprint density at radius 2 is 1.81 bits per heavy atom. The minimum absolute atomic E-state index is 0.548. The van der Waals surface area contributed by atoms with Crippen LogP contribution in [-0.4, -0.2) is 46.1 Å². The molecule has 2 fully saturated rings. The molecule has 0 bridgehead atoms. The van der Waals surface area contributed by atoms with E-state index in [0.717, 1.165) is 37.4 Å². The van der Waals surface area contributed by atoms with E-state index in [-0.39, 0.29) is 0 Å². The fourth-order valence-corrected chi connectivity index (χ4v) is 4.11. The Balaban J connectivity index is 2.12. The second-order valence-electron chi connectivity index (χ2n) is 4.89. The fraction of sp³-hybridized carbons (Fsp3) is 0.917. The molecular weight excluding hydrogens is 222 g/mol. The highest BCUT2D eigenvalue weighted by Crippen LogP contribution is 2.34. The molecular formula is C12H21NO2S. The number of thioether (sulfide) groups is 1. The van der Waals surface area contributed by atoms with E-state index in [2.05, 4.69) is 4.90 Å². The van der Waals surface area contributed by atoms with E-state index in [9.17, 15) is 9.90 Å². The lowest BCUT2D eigenvalue weighted by molar-refractivity contribution is -0.150. The average Bonchev–Trinajstić information content (AvgIpc) is 2.58. The molecule has 1 atom stereocenters. The van der Waals surface area contributed by atoms with Crippen molar-refractivity contribution in [2.75, 3.05) is 24.6 Å². The van der Waals surface area contributed by atoms with Gasteiger partial charge in [-0.2, -0.15) is 11.8 Å². The van der Waals surface area contributed by atoms with Crippen LogP contribution in [0.1, 0.15) is 38.5 Å². The molecule has 0 spiro atoms. The summed E-state index contributed by atoms with van der Waals surface area (Å²) in [6.07, 6.45) is 6.75. The summed E-state index contributed by atoms with van der Waals surface area (Å²) in [5.74, 6) is 1.31. The van der Waals surface area contributed by atoms with Crippen molar-refractivity contribution in [1.82, 2.24) is 4.90 Å². The van der Waals surface area contributed by atoms with Crippen molar-refractivity contribution in [2.24, 2.45) is 0 Å². The first-order chi connectivity index (χ1) is 7.76. The lowest BCUT2D eigenvalue weighted by atomic mass is 9.92. The maximum absolute atomic E-state index is 11.6. The summed E-state index contributed by atoms with van der Waals surface area (Å²) in [6, 6.07) is 0. The van der Waals surface area contributed by atoms with Crippen molar-refractivity contribution in [2.45, 2.75) is 44.1 Å². The largest absolute Gasteiger partial charge is 0.480 e. The highest BCUT2D eigenvalue weighted by Gasteiger charge is 2.45. The summed E-state index contributed by atoms with van der Waals surface area (Å²) < 4.78 is 0. The molecule has 0 aromatic carbocycles. The van der Waals surface area contributed by atoms with Crippen molar-refractivity contribution in [3.63, 3.8) is 0 Å². The second kappa shape index (κ2) is 5.41. The zero-order chi connectivity index (χ0) is 11.4. The number of carboxylic acid groups (broad SMARTS) is 1. The van der Waals surface area contributed by atoms with Gasteiger partial charge in [-0.15, -0.1) is 0 Å². The van der Waals surface area contributed by atoms with Gasteiger partial charge in [0.05, 0.1) is 0 Å². The molecule has 2 saturated heterocycles. The molecule has 0 amide bonds. The third kappa shape index (κ3) is 2.38. The van der Waals surface area contributed by atoms with Gasteiger partial charge in [0.15, 0.2) is 0 Å². The van der Waals surface area contributed by atoms with Gasteiger partial charge in [-0.3, -0.25) is 9.69 Å². The smallest absolute Gasteiger partial charge is 0.324 e. The van der Waals surface area contributed by atoms with Gasteiger partial charge in [0.1, 0.15) is 5.54 Å². The van der Waals surface area contributed by atoms with Gasteiger partial charge in [0.2, 0.25) is 0 Å². The molecule has 92 valence electrons. The van der Waals surface area contributed by atoms with Crippen molar-refractivity contribution in [1.29, 1.82) is 0 Å². The van der Waals surface area contributed by atoms with Gasteiger partial charge in [0.25, 0.3) is 0 Å². The number of hydrogen-bond acceptors (Lipinski definition) is 3. The van der Waals surface area contributed by atoms with Crippen LogP contribution in [0.5, 0.6) is 0 Å². The quantitative estimate of drug-likeness (QED) is 0.807. The standard InChI is InChI=1S/C12H21NO2S/c14-11(15)12(6-5-9-16-10-12)13-7-3-1-2-4-8-13/h1-10H2,(H,14,15). The van der Waals surface area contributed by atoms with E-state index in [1.54, 1.807) is 0 Å². The van der Waals surface area contributed by atoms with Crippen molar-refractivity contribution < 1.29 is 9.90 Å². The molecule has 3 nitrogen and oxygen atoms in total. The summed E-state index contributed by atoms with van der Waals surface area (Å²) in [7, 11) is 0. The monoisotopic (exact) mass is 243 g/mol. The van der Waals surface area contributed by atoms with E-state index in [1.807, 2.05) is 11.8 Å². The molecule has 1 N–H and O–H groups in total. The van der Waals surface area contributed by atoms with E-state index in [4.69, 9.17) is 0 Å². The first-order valence-electron chi connectivity index (χ1n) is 6.32. The van der Waals surface area contributed by atoms with Crippen LogP contribution in [0.4, 0.5) is 0 Å². The highest BCUT2D eigenvalue weighted by atomic mass is 32.2. The van der Waals surface area contributed by atoms with Crippen LogP contribution >= 0.6 is 11.8 Å². The molecule has 4 heteroatoms. The SMILES string of the molecule is O=C(O)C1(N2CCCCCC2)CCCSC1. The van der Waals surface area contributed by atoms with Gasteiger partial charge in [0, 0.05) is 5.75 Å². The molecule has 2 aliphatic heterocycles. The number of hydrogen-bond donors (Lipinski definition) is 1. The molecule has 0 aromatic rings. The van der Waals surface area contributed by atoms with Crippen LogP contribution in [0.15, 0.2) is 0 Å². The van der Waals surface area contributed by atoms with E-state index in [0.29, 0.717) is 0 Å². The van der Waals surface area contributed by atoms with Gasteiger partial charge >= 0.3 is 5.97 Å². The lowest BCUT2D eigenvalue weighted by Gasteiger charge is -2.42. The third-order valence-corrected chi connectivity index (χ3v) is 5.09. The predicted molar refractivity (Wildman–Crippen MR) is 67.0 cm³/mol. The van der Waals surface area contributed by atoms with Crippen LogP contribution in [0.25, 0.3) is 0 Å². The molecule has 2 heterocycles. The molecule has 2 rings (SSSR count). The van der Waals surface area contributed by atoms with Crippen molar-refractivity contribution in [3.05, 3.63) is 0 Å². The molecule has 2 aliphatic rings. The summed E-state index contributed by atoms with van der Waals surface area (Å²) in [4.78, 5) is 13.9. The predicted octanol–water partition coefficient (Wildman–Crippen LogP) is 2.21. The number of carbonyl (C=O) groups is 1. The molecule has 0 saturated carbocycles. The Morgan fingerprint density at radius 3 is 2.31 bits per heavy atom. The molecule has 1 unspecified atom stereocenters. The normalized spacial score (nSPS) is 33.2. The zero-order valence-corrected chi connectivity index (χ0v) is 10.6. The van der Waals surface area contributed by atoms with Gasteiger partial charge < -0.3 is 5.11 Å².